The van der Waals surface area contributed by atoms with E-state index in [0.717, 1.165) is 4.90 Å². The molecule has 2 amide bonds. The second kappa shape index (κ2) is 8.71. The van der Waals surface area contributed by atoms with Crippen molar-refractivity contribution in [2.24, 2.45) is 0 Å². The van der Waals surface area contributed by atoms with Gasteiger partial charge >= 0.3 is 12.2 Å². The van der Waals surface area contributed by atoms with Crippen LogP contribution < -0.4 is 5.32 Å². The van der Waals surface area contributed by atoms with Gasteiger partial charge in [0.05, 0.1) is 0 Å². The van der Waals surface area contributed by atoms with E-state index in [1.807, 2.05) is 0 Å². The Balaban J connectivity index is 4.86. The SMILES string of the molecule is CC(C)(C)OC(=O)NC(=N)N(CCCCO)C(=O)OC(C)(C)C. The summed E-state index contributed by atoms with van der Waals surface area (Å²) in [5.74, 6) is -0.425. The Labute approximate surface area is 137 Å². The Morgan fingerprint density at radius 2 is 1.57 bits per heavy atom. The van der Waals surface area contributed by atoms with Crippen molar-refractivity contribution < 1.29 is 24.2 Å². The predicted molar refractivity (Wildman–Crippen MR) is 86.4 cm³/mol. The number of carbonyl (C=O) groups is 2. The molecule has 3 N–H and O–H groups in total. The molecule has 0 radical (unpaired) electrons. The van der Waals surface area contributed by atoms with Gasteiger partial charge in [0.2, 0.25) is 5.96 Å². The molecule has 0 aliphatic heterocycles. The highest BCUT2D eigenvalue weighted by Gasteiger charge is 2.27. The van der Waals surface area contributed by atoms with E-state index in [-0.39, 0.29) is 13.2 Å². The third-order valence-electron chi connectivity index (χ3n) is 2.29. The maximum absolute atomic E-state index is 12.2. The highest BCUT2D eigenvalue weighted by Crippen LogP contribution is 2.11. The van der Waals surface area contributed by atoms with Crippen LogP contribution >= 0.6 is 0 Å². The zero-order valence-corrected chi connectivity index (χ0v) is 14.9. The smallest absolute Gasteiger partial charge is 0.417 e. The van der Waals surface area contributed by atoms with E-state index in [2.05, 4.69) is 5.32 Å². The monoisotopic (exact) mass is 331 g/mol. The highest BCUT2D eigenvalue weighted by atomic mass is 16.6. The number of nitrogens with zero attached hydrogens (tertiary/aromatic N) is 1. The summed E-state index contributed by atoms with van der Waals surface area (Å²) in [6.45, 7) is 10.3. The van der Waals surface area contributed by atoms with Crippen LogP contribution in [0, 0.1) is 5.41 Å². The van der Waals surface area contributed by atoms with Crippen molar-refractivity contribution in [3.63, 3.8) is 0 Å². The van der Waals surface area contributed by atoms with Gasteiger partial charge in [0.25, 0.3) is 0 Å². The lowest BCUT2D eigenvalue weighted by atomic mass is 10.2. The molecule has 0 fully saturated rings. The summed E-state index contributed by atoms with van der Waals surface area (Å²) in [7, 11) is 0. The molecule has 0 saturated heterocycles. The molecule has 0 rings (SSSR count). The molecule has 0 spiro atoms. The largest absolute Gasteiger partial charge is 0.444 e. The molecule has 0 aliphatic rings. The van der Waals surface area contributed by atoms with Gasteiger partial charge in [-0.2, -0.15) is 0 Å². The normalized spacial score (nSPS) is 11.6. The molecule has 23 heavy (non-hydrogen) atoms. The van der Waals surface area contributed by atoms with E-state index in [4.69, 9.17) is 20.0 Å². The number of alkyl carbamates (subject to hydrolysis) is 1. The van der Waals surface area contributed by atoms with Crippen LogP contribution in [-0.2, 0) is 9.47 Å². The first kappa shape index (κ1) is 21.2. The fourth-order valence-electron chi connectivity index (χ4n) is 1.46. The van der Waals surface area contributed by atoms with Gasteiger partial charge in [-0.25, -0.2) is 14.5 Å². The minimum atomic E-state index is -0.821. The number of aliphatic hydroxyl groups is 1. The molecule has 0 aromatic rings. The fourth-order valence-corrected chi connectivity index (χ4v) is 1.46. The minimum absolute atomic E-state index is 0.0189. The first-order chi connectivity index (χ1) is 10.4. The van der Waals surface area contributed by atoms with E-state index in [1.165, 1.54) is 0 Å². The van der Waals surface area contributed by atoms with Crippen molar-refractivity contribution in [2.45, 2.75) is 65.6 Å². The number of hydrogen-bond donors (Lipinski definition) is 3. The third-order valence-corrected chi connectivity index (χ3v) is 2.29. The predicted octanol–water partition coefficient (Wildman–Crippen LogP) is 2.46. The Morgan fingerprint density at radius 1 is 1.04 bits per heavy atom. The maximum Gasteiger partial charge on any atom is 0.417 e. The average Bonchev–Trinajstić information content (AvgIpc) is 2.29. The summed E-state index contributed by atoms with van der Waals surface area (Å²) >= 11 is 0. The van der Waals surface area contributed by atoms with Gasteiger partial charge in [-0.3, -0.25) is 10.7 Å². The van der Waals surface area contributed by atoms with Crippen LogP contribution in [0.1, 0.15) is 54.4 Å². The molecule has 0 aliphatic carbocycles. The van der Waals surface area contributed by atoms with Gasteiger partial charge in [0, 0.05) is 13.2 Å². The lowest BCUT2D eigenvalue weighted by Gasteiger charge is -2.28. The first-order valence-electron chi connectivity index (χ1n) is 7.55. The molecule has 0 heterocycles. The first-order valence-corrected chi connectivity index (χ1v) is 7.55. The number of amides is 2. The summed E-state index contributed by atoms with van der Waals surface area (Å²) in [5, 5.41) is 19.0. The molecule has 0 unspecified atom stereocenters. The zero-order valence-electron chi connectivity index (χ0n) is 14.9. The number of ether oxygens (including phenoxy) is 2. The van der Waals surface area contributed by atoms with Crippen molar-refractivity contribution in [3.05, 3.63) is 0 Å². The van der Waals surface area contributed by atoms with Crippen LogP contribution in [0.15, 0.2) is 0 Å². The summed E-state index contributed by atoms with van der Waals surface area (Å²) < 4.78 is 10.3. The Morgan fingerprint density at radius 3 is 2.00 bits per heavy atom. The van der Waals surface area contributed by atoms with Crippen molar-refractivity contribution in [3.8, 4) is 0 Å². The molecule has 134 valence electrons. The van der Waals surface area contributed by atoms with Crippen LogP contribution in [0.2, 0.25) is 0 Å². The standard InChI is InChI=1S/C15H29N3O5/c1-14(2,3)22-12(20)17-11(16)18(9-7-8-10-19)13(21)23-15(4,5)6/h19H,7-10H2,1-6H3,(H2,16,17,20). The van der Waals surface area contributed by atoms with Gasteiger partial charge in [-0.05, 0) is 54.4 Å². The minimum Gasteiger partial charge on any atom is -0.444 e. The molecule has 0 saturated carbocycles. The van der Waals surface area contributed by atoms with Gasteiger partial charge < -0.3 is 14.6 Å². The quantitative estimate of drug-likeness (QED) is 0.416. The Bertz CT molecular complexity index is 424. The molecule has 0 aromatic carbocycles. The van der Waals surface area contributed by atoms with Crippen molar-refractivity contribution in [1.29, 1.82) is 5.41 Å². The van der Waals surface area contributed by atoms with E-state index in [1.54, 1.807) is 41.5 Å². The van der Waals surface area contributed by atoms with Crippen LogP contribution in [-0.4, -0.2) is 52.5 Å². The van der Waals surface area contributed by atoms with Crippen LogP contribution in [0.25, 0.3) is 0 Å². The molecule has 0 bridgehead atoms. The van der Waals surface area contributed by atoms with Crippen LogP contribution in [0.4, 0.5) is 9.59 Å². The second-order valence-corrected chi connectivity index (χ2v) is 7.04. The van der Waals surface area contributed by atoms with Gasteiger partial charge in [0.1, 0.15) is 11.2 Å². The number of rotatable bonds is 4. The number of nitrogens with one attached hydrogen (secondary N) is 2. The number of unbranched alkanes of at least 4 members (excludes halogenated alkanes) is 1. The van der Waals surface area contributed by atoms with E-state index >= 15 is 0 Å². The van der Waals surface area contributed by atoms with Gasteiger partial charge in [-0.15, -0.1) is 0 Å². The summed E-state index contributed by atoms with van der Waals surface area (Å²) in [5.41, 5.74) is -1.43. The van der Waals surface area contributed by atoms with E-state index < -0.39 is 29.3 Å². The van der Waals surface area contributed by atoms with Crippen molar-refractivity contribution in [2.75, 3.05) is 13.2 Å². The number of guanidine groups is 1. The lowest BCUT2D eigenvalue weighted by molar-refractivity contribution is 0.0353. The summed E-state index contributed by atoms with van der Waals surface area (Å²) in [4.78, 5) is 24.9. The topological polar surface area (TPSA) is 112 Å². The molecular weight excluding hydrogens is 302 g/mol. The zero-order chi connectivity index (χ0) is 18.3. The van der Waals surface area contributed by atoms with Gasteiger partial charge in [0.15, 0.2) is 0 Å². The Hall–Kier alpha value is -1.83. The van der Waals surface area contributed by atoms with Gasteiger partial charge in [-0.1, -0.05) is 0 Å². The lowest BCUT2D eigenvalue weighted by Crippen LogP contribution is -2.49. The summed E-state index contributed by atoms with van der Waals surface area (Å²) in [6.07, 6.45) is -0.623. The molecule has 0 aromatic heterocycles. The average molecular weight is 331 g/mol. The van der Waals surface area contributed by atoms with Crippen LogP contribution in [0.3, 0.4) is 0 Å². The molecular formula is C15H29N3O5. The van der Waals surface area contributed by atoms with Crippen molar-refractivity contribution >= 4 is 18.1 Å². The molecule has 0 atom stereocenters. The number of aliphatic hydroxyl groups excluding tert-OH is 1. The van der Waals surface area contributed by atoms with Crippen molar-refractivity contribution in [1.82, 2.24) is 10.2 Å². The Kier molecular flexibility index (Phi) is 8.02. The third kappa shape index (κ3) is 10.5. The number of carbonyl (C=O) groups excluding carboxylic acids is 2. The van der Waals surface area contributed by atoms with Crippen LogP contribution in [0.5, 0.6) is 0 Å². The summed E-state index contributed by atoms with van der Waals surface area (Å²) in [6, 6.07) is 0. The molecule has 8 nitrogen and oxygen atoms in total. The maximum atomic E-state index is 12.2. The second-order valence-electron chi connectivity index (χ2n) is 7.04. The van der Waals surface area contributed by atoms with E-state index in [0.29, 0.717) is 12.8 Å². The molecule has 8 heteroatoms. The number of hydrogen-bond acceptors (Lipinski definition) is 6. The fraction of sp³-hybridized carbons (Fsp3) is 0.800. The highest BCUT2D eigenvalue weighted by molar-refractivity contribution is 5.99. The van der Waals surface area contributed by atoms with E-state index in [9.17, 15) is 9.59 Å².